The Hall–Kier alpha value is -0.840. The second-order valence-corrected chi connectivity index (χ2v) is 5.65. The lowest BCUT2D eigenvalue weighted by atomic mass is 10.3. The van der Waals surface area contributed by atoms with Crippen molar-refractivity contribution in [2.24, 2.45) is 5.92 Å². The molecule has 0 aliphatic heterocycles. The maximum absolute atomic E-state index is 11.4. The molecule has 0 atom stereocenters. The summed E-state index contributed by atoms with van der Waals surface area (Å²) in [5, 5.41) is 0. The fraction of sp³-hybridized carbons (Fsp3) is 0.700. The van der Waals surface area contributed by atoms with E-state index in [9.17, 15) is 13.2 Å². The lowest BCUT2D eigenvalue weighted by molar-refractivity contribution is -0.114. The van der Waals surface area contributed by atoms with Crippen molar-refractivity contribution in [3.63, 3.8) is 0 Å². The minimum Gasteiger partial charge on any atom is -0.269 e. The summed E-state index contributed by atoms with van der Waals surface area (Å²) in [4.78, 5) is 11.2. The zero-order chi connectivity index (χ0) is 11.3. The van der Waals surface area contributed by atoms with Crippen LogP contribution in [0.1, 0.15) is 32.6 Å². The van der Waals surface area contributed by atoms with Gasteiger partial charge in [-0.15, -0.1) is 0 Å². The fourth-order valence-electron chi connectivity index (χ4n) is 1.18. The highest BCUT2D eigenvalue weighted by Crippen LogP contribution is 2.29. The van der Waals surface area contributed by atoms with Gasteiger partial charge in [-0.25, -0.2) is 13.1 Å². The number of rotatable bonds is 6. The zero-order valence-electron chi connectivity index (χ0n) is 8.90. The Morgan fingerprint density at radius 3 is 2.67 bits per heavy atom. The second-order valence-electron chi connectivity index (χ2n) is 3.88. The molecule has 0 bridgehead atoms. The van der Waals surface area contributed by atoms with Gasteiger partial charge in [0.2, 0.25) is 10.0 Å². The summed E-state index contributed by atoms with van der Waals surface area (Å²) in [5.41, 5.74) is 0. The number of carbonyl (C=O) groups is 1. The number of sulfonamides is 1. The SMILES string of the molecule is CCC/C=C/C(=O)NS(=O)(=O)CC1CC1. The highest BCUT2D eigenvalue weighted by molar-refractivity contribution is 7.90. The van der Waals surface area contributed by atoms with Crippen LogP contribution in [0.3, 0.4) is 0 Å². The van der Waals surface area contributed by atoms with E-state index in [1.165, 1.54) is 6.08 Å². The number of unbranched alkanes of at least 4 members (excludes halogenated alkanes) is 1. The molecule has 0 aromatic rings. The van der Waals surface area contributed by atoms with E-state index < -0.39 is 15.9 Å². The summed E-state index contributed by atoms with van der Waals surface area (Å²) < 4.78 is 24.7. The molecule has 1 rings (SSSR count). The van der Waals surface area contributed by atoms with Gasteiger partial charge in [-0.1, -0.05) is 19.4 Å². The third-order valence-corrected chi connectivity index (χ3v) is 3.56. The predicted octanol–water partition coefficient (Wildman–Crippen LogP) is 1.20. The molecule has 5 heteroatoms. The van der Waals surface area contributed by atoms with E-state index in [2.05, 4.69) is 0 Å². The van der Waals surface area contributed by atoms with E-state index in [0.29, 0.717) is 0 Å². The average Bonchev–Trinajstić information content (AvgIpc) is 2.86. The van der Waals surface area contributed by atoms with Crippen LogP contribution in [0, 0.1) is 5.92 Å². The Kier molecular flexibility index (Phi) is 4.32. The average molecular weight is 231 g/mol. The number of hydrogen-bond donors (Lipinski definition) is 1. The molecule has 0 aromatic heterocycles. The molecule has 15 heavy (non-hydrogen) atoms. The van der Waals surface area contributed by atoms with Crippen molar-refractivity contribution < 1.29 is 13.2 Å². The van der Waals surface area contributed by atoms with Crippen LogP contribution < -0.4 is 4.72 Å². The summed E-state index contributed by atoms with van der Waals surface area (Å²) >= 11 is 0. The van der Waals surface area contributed by atoms with E-state index in [1.54, 1.807) is 6.08 Å². The molecule has 86 valence electrons. The van der Waals surface area contributed by atoms with Gasteiger partial charge >= 0.3 is 0 Å². The number of allylic oxidation sites excluding steroid dienone is 1. The molecule has 1 saturated carbocycles. The van der Waals surface area contributed by atoms with Crippen molar-refractivity contribution in [2.75, 3.05) is 5.75 Å². The highest BCUT2D eigenvalue weighted by atomic mass is 32.2. The predicted molar refractivity (Wildman–Crippen MR) is 58.7 cm³/mol. The van der Waals surface area contributed by atoms with Crippen molar-refractivity contribution in [2.45, 2.75) is 32.6 Å². The summed E-state index contributed by atoms with van der Waals surface area (Å²) in [6.07, 6.45) is 6.62. The summed E-state index contributed by atoms with van der Waals surface area (Å²) in [6.45, 7) is 1.99. The van der Waals surface area contributed by atoms with Crippen LogP contribution in [-0.4, -0.2) is 20.1 Å². The van der Waals surface area contributed by atoms with Gasteiger partial charge < -0.3 is 0 Å². The largest absolute Gasteiger partial charge is 0.269 e. The van der Waals surface area contributed by atoms with Crippen LogP contribution in [-0.2, 0) is 14.8 Å². The molecule has 0 heterocycles. The molecule has 4 nitrogen and oxygen atoms in total. The molecule has 1 fully saturated rings. The van der Waals surface area contributed by atoms with E-state index in [0.717, 1.165) is 25.7 Å². The minimum atomic E-state index is -3.41. The summed E-state index contributed by atoms with van der Waals surface area (Å²) in [5.74, 6) is -0.195. The van der Waals surface area contributed by atoms with Crippen LogP contribution in [0.5, 0.6) is 0 Å². The van der Waals surface area contributed by atoms with Crippen molar-refractivity contribution in [1.82, 2.24) is 4.72 Å². The lowest BCUT2D eigenvalue weighted by Gasteiger charge is -2.02. The molecule has 0 spiro atoms. The van der Waals surface area contributed by atoms with Gasteiger partial charge in [0, 0.05) is 0 Å². The van der Waals surface area contributed by atoms with E-state index in [1.807, 2.05) is 11.6 Å². The molecule has 0 radical (unpaired) electrons. The molecule has 0 unspecified atom stereocenters. The van der Waals surface area contributed by atoms with E-state index in [-0.39, 0.29) is 11.7 Å². The van der Waals surface area contributed by atoms with Gasteiger partial charge in [0.1, 0.15) is 0 Å². The maximum atomic E-state index is 11.4. The molecule has 1 N–H and O–H groups in total. The van der Waals surface area contributed by atoms with Gasteiger partial charge in [0.25, 0.3) is 5.91 Å². The second kappa shape index (κ2) is 5.30. The van der Waals surface area contributed by atoms with Gasteiger partial charge in [-0.05, 0) is 31.3 Å². The molecular formula is C10H17NO3S. The Morgan fingerprint density at radius 2 is 2.13 bits per heavy atom. The number of amides is 1. The Labute approximate surface area is 90.8 Å². The molecular weight excluding hydrogens is 214 g/mol. The topological polar surface area (TPSA) is 63.2 Å². The van der Waals surface area contributed by atoms with Crippen LogP contribution in [0.15, 0.2) is 12.2 Å². The third kappa shape index (κ3) is 5.57. The first-order chi connectivity index (χ1) is 7.03. The maximum Gasteiger partial charge on any atom is 0.257 e. The highest BCUT2D eigenvalue weighted by Gasteiger charge is 2.28. The number of carbonyl (C=O) groups excluding carboxylic acids is 1. The van der Waals surface area contributed by atoms with Crippen molar-refractivity contribution in [1.29, 1.82) is 0 Å². The van der Waals surface area contributed by atoms with Gasteiger partial charge in [0.15, 0.2) is 0 Å². The fourth-order valence-corrected chi connectivity index (χ4v) is 2.59. The molecule has 1 aliphatic rings. The monoisotopic (exact) mass is 231 g/mol. The van der Waals surface area contributed by atoms with Crippen LogP contribution in [0.25, 0.3) is 0 Å². The minimum absolute atomic E-state index is 0.0837. The first kappa shape index (κ1) is 12.2. The van der Waals surface area contributed by atoms with Crippen LogP contribution in [0.2, 0.25) is 0 Å². The van der Waals surface area contributed by atoms with Crippen molar-refractivity contribution in [3.8, 4) is 0 Å². The standard InChI is InChI=1S/C10H17NO3S/c1-2-3-4-5-10(12)11-15(13,14)8-9-6-7-9/h4-5,9H,2-3,6-8H2,1H3,(H,11,12)/b5-4+. The molecule has 1 aliphatic carbocycles. The smallest absolute Gasteiger partial charge is 0.257 e. The Balaban J connectivity index is 2.35. The zero-order valence-corrected chi connectivity index (χ0v) is 9.72. The van der Waals surface area contributed by atoms with Crippen LogP contribution in [0.4, 0.5) is 0 Å². The normalized spacial score (nSPS) is 16.9. The Morgan fingerprint density at radius 1 is 1.47 bits per heavy atom. The first-order valence-corrected chi connectivity index (χ1v) is 6.89. The summed E-state index contributed by atoms with van der Waals surface area (Å²) in [6, 6.07) is 0. The van der Waals surface area contributed by atoms with Gasteiger partial charge in [-0.3, -0.25) is 4.79 Å². The van der Waals surface area contributed by atoms with Gasteiger partial charge in [-0.2, -0.15) is 0 Å². The Bertz CT molecular complexity index is 342. The van der Waals surface area contributed by atoms with E-state index >= 15 is 0 Å². The lowest BCUT2D eigenvalue weighted by Crippen LogP contribution is -2.31. The van der Waals surface area contributed by atoms with Crippen molar-refractivity contribution in [3.05, 3.63) is 12.2 Å². The van der Waals surface area contributed by atoms with E-state index in [4.69, 9.17) is 0 Å². The van der Waals surface area contributed by atoms with Gasteiger partial charge in [0.05, 0.1) is 5.75 Å². The van der Waals surface area contributed by atoms with Crippen LogP contribution >= 0.6 is 0 Å². The molecule has 1 amide bonds. The number of hydrogen-bond acceptors (Lipinski definition) is 3. The molecule has 0 saturated heterocycles. The number of nitrogens with one attached hydrogen (secondary N) is 1. The third-order valence-electron chi connectivity index (χ3n) is 2.13. The summed E-state index contributed by atoms with van der Waals surface area (Å²) in [7, 11) is -3.41. The first-order valence-electron chi connectivity index (χ1n) is 5.24. The quantitative estimate of drug-likeness (QED) is 0.699. The van der Waals surface area contributed by atoms with Crippen molar-refractivity contribution >= 4 is 15.9 Å². The molecule has 0 aromatic carbocycles.